The van der Waals surface area contributed by atoms with Gasteiger partial charge in [-0.2, -0.15) is 5.10 Å². The molecule has 0 aliphatic heterocycles. The Balaban J connectivity index is 1.73. The van der Waals surface area contributed by atoms with Crippen LogP contribution >= 0.6 is 0 Å². The van der Waals surface area contributed by atoms with Crippen molar-refractivity contribution in [3.05, 3.63) is 48.0 Å². The van der Waals surface area contributed by atoms with Gasteiger partial charge in [0.15, 0.2) is 5.78 Å². The molecule has 5 heteroatoms. The number of rotatable bonds is 4. The second-order valence-electron chi connectivity index (χ2n) is 6.46. The van der Waals surface area contributed by atoms with Crippen LogP contribution in [-0.2, 0) is 11.3 Å². The van der Waals surface area contributed by atoms with Crippen LogP contribution in [0.1, 0.15) is 24.8 Å². The van der Waals surface area contributed by atoms with Crippen molar-refractivity contribution < 1.29 is 9.18 Å². The molecular formula is C19H18FN3O. The molecule has 1 fully saturated rings. The fourth-order valence-corrected chi connectivity index (χ4v) is 3.11. The number of halogens is 1. The zero-order valence-electron chi connectivity index (χ0n) is 13.5. The SMILES string of the molecule is Cc1cccc(-c2cnc3cnn(CC(=O)C4CCC4)c3c2)c1F. The molecular weight excluding hydrogens is 305 g/mol. The molecule has 1 saturated carbocycles. The fourth-order valence-electron chi connectivity index (χ4n) is 3.11. The first-order valence-corrected chi connectivity index (χ1v) is 8.23. The molecule has 3 aromatic rings. The molecule has 0 atom stereocenters. The first kappa shape index (κ1) is 15.0. The van der Waals surface area contributed by atoms with Crippen molar-refractivity contribution >= 4 is 16.8 Å². The summed E-state index contributed by atoms with van der Waals surface area (Å²) in [5, 5.41) is 4.29. The summed E-state index contributed by atoms with van der Waals surface area (Å²) < 4.78 is 16.1. The van der Waals surface area contributed by atoms with Crippen LogP contribution in [0.25, 0.3) is 22.2 Å². The molecule has 4 nitrogen and oxygen atoms in total. The van der Waals surface area contributed by atoms with Crippen molar-refractivity contribution in [2.45, 2.75) is 32.7 Å². The van der Waals surface area contributed by atoms with Gasteiger partial charge in [0.1, 0.15) is 17.9 Å². The Kier molecular flexibility index (Phi) is 3.63. The molecule has 0 saturated heterocycles. The van der Waals surface area contributed by atoms with Gasteiger partial charge in [-0.15, -0.1) is 0 Å². The van der Waals surface area contributed by atoms with Crippen LogP contribution in [0, 0.1) is 18.7 Å². The van der Waals surface area contributed by atoms with E-state index in [4.69, 9.17) is 0 Å². The van der Waals surface area contributed by atoms with E-state index >= 15 is 0 Å². The smallest absolute Gasteiger partial charge is 0.157 e. The van der Waals surface area contributed by atoms with E-state index < -0.39 is 0 Å². The Hall–Kier alpha value is -2.56. The van der Waals surface area contributed by atoms with Crippen LogP contribution in [-0.4, -0.2) is 20.5 Å². The predicted octanol–water partition coefficient (Wildman–Crippen LogP) is 3.92. The molecule has 1 aliphatic rings. The molecule has 2 heterocycles. The van der Waals surface area contributed by atoms with Gasteiger partial charge in [-0.25, -0.2) is 4.39 Å². The minimum atomic E-state index is -0.241. The number of carbonyl (C=O) groups is 1. The van der Waals surface area contributed by atoms with Gasteiger partial charge in [-0.05, 0) is 31.4 Å². The van der Waals surface area contributed by atoms with E-state index in [1.54, 1.807) is 36.1 Å². The molecule has 1 aromatic carbocycles. The maximum atomic E-state index is 14.4. The lowest BCUT2D eigenvalue weighted by molar-refractivity contribution is -0.125. The van der Waals surface area contributed by atoms with Crippen molar-refractivity contribution in [3.63, 3.8) is 0 Å². The van der Waals surface area contributed by atoms with Crippen LogP contribution in [0.15, 0.2) is 36.7 Å². The molecule has 0 radical (unpaired) electrons. The minimum absolute atomic E-state index is 0.176. The minimum Gasteiger partial charge on any atom is -0.297 e. The second-order valence-corrected chi connectivity index (χ2v) is 6.46. The van der Waals surface area contributed by atoms with E-state index in [1.165, 1.54) is 0 Å². The lowest BCUT2D eigenvalue weighted by atomic mass is 9.82. The molecule has 122 valence electrons. The zero-order valence-corrected chi connectivity index (χ0v) is 13.5. The van der Waals surface area contributed by atoms with E-state index in [1.807, 2.05) is 12.1 Å². The number of hydrogen-bond donors (Lipinski definition) is 0. The third-order valence-electron chi connectivity index (χ3n) is 4.86. The third kappa shape index (κ3) is 2.50. The topological polar surface area (TPSA) is 47.8 Å². The summed E-state index contributed by atoms with van der Waals surface area (Å²) in [6, 6.07) is 7.17. The highest BCUT2D eigenvalue weighted by atomic mass is 19.1. The lowest BCUT2D eigenvalue weighted by Crippen LogP contribution is -2.26. The number of benzene rings is 1. The van der Waals surface area contributed by atoms with Gasteiger partial charge in [0, 0.05) is 23.2 Å². The summed E-state index contributed by atoms with van der Waals surface area (Å²) in [6.45, 7) is 2.00. The van der Waals surface area contributed by atoms with Crippen LogP contribution in [0.2, 0.25) is 0 Å². The Labute approximate surface area is 139 Å². The Morgan fingerprint density at radius 3 is 2.92 bits per heavy atom. The third-order valence-corrected chi connectivity index (χ3v) is 4.86. The van der Waals surface area contributed by atoms with Gasteiger partial charge in [0.05, 0.1) is 11.7 Å². The predicted molar refractivity (Wildman–Crippen MR) is 90.0 cm³/mol. The Morgan fingerprint density at radius 1 is 1.33 bits per heavy atom. The van der Waals surface area contributed by atoms with E-state index in [2.05, 4.69) is 10.1 Å². The summed E-state index contributed by atoms with van der Waals surface area (Å²) in [7, 11) is 0. The summed E-state index contributed by atoms with van der Waals surface area (Å²) in [5.74, 6) is 0.156. The average Bonchev–Trinajstić information content (AvgIpc) is 2.90. The van der Waals surface area contributed by atoms with E-state index in [0.717, 1.165) is 24.8 Å². The number of aromatic nitrogens is 3. The molecule has 0 bridgehead atoms. The quantitative estimate of drug-likeness (QED) is 0.731. The van der Waals surface area contributed by atoms with Crippen LogP contribution in [0.5, 0.6) is 0 Å². The Bertz CT molecular complexity index is 928. The highest BCUT2D eigenvalue weighted by Gasteiger charge is 2.25. The maximum absolute atomic E-state index is 14.4. The van der Waals surface area contributed by atoms with Crippen LogP contribution in [0.4, 0.5) is 4.39 Å². The highest BCUT2D eigenvalue weighted by molar-refractivity contribution is 5.85. The molecule has 4 rings (SSSR count). The molecule has 0 spiro atoms. The van der Waals surface area contributed by atoms with Gasteiger partial charge in [0.25, 0.3) is 0 Å². The van der Waals surface area contributed by atoms with Crippen molar-refractivity contribution in [1.82, 2.24) is 14.8 Å². The first-order valence-electron chi connectivity index (χ1n) is 8.23. The number of hydrogen-bond acceptors (Lipinski definition) is 3. The van der Waals surface area contributed by atoms with Gasteiger partial charge < -0.3 is 0 Å². The largest absolute Gasteiger partial charge is 0.297 e. The van der Waals surface area contributed by atoms with Gasteiger partial charge in [0.2, 0.25) is 0 Å². The standard InChI is InChI=1S/C19H18FN3O/c1-12-4-2-7-15(19(12)20)14-8-17-16(21-9-14)10-22-23(17)11-18(24)13-5-3-6-13/h2,4,7-10,13H,3,5-6,11H2,1H3. The van der Waals surface area contributed by atoms with Crippen molar-refractivity contribution in [1.29, 1.82) is 0 Å². The number of aryl methyl sites for hydroxylation is 1. The van der Waals surface area contributed by atoms with E-state index in [0.29, 0.717) is 22.2 Å². The second kappa shape index (κ2) is 5.82. The molecule has 0 unspecified atom stereocenters. The number of ketones is 1. The summed E-state index contributed by atoms with van der Waals surface area (Å²) in [5.41, 5.74) is 3.29. The van der Waals surface area contributed by atoms with Gasteiger partial charge >= 0.3 is 0 Å². The van der Waals surface area contributed by atoms with E-state index in [9.17, 15) is 9.18 Å². The number of pyridine rings is 1. The number of fused-ring (bicyclic) bond motifs is 1. The van der Waals surface area contributed by atoms with Crippen molar-refractivity contribution in [2.24, 2.45) is 5.92 Å². The monoisotopic (exact) mass is 323 g/mol. The Morgan fingerprint density at radius 2 is 2.17 bits per heavy atom. The zero-order chi connectivity index (χ0) is 16.7. The van der Waals surface area contributed by atoms with Crippen molar-refractivity contribution in [3.8, 4) is 11.1 Å². The van der Waals surface area contributed by atoms with Crippen LogP contribution in [0.3, 0.4) is 0 Å². The summed E-state index contributed by atoms with van der Waals surface area (Å²) in [6.07, 6.45) is 6.40. The number of carbonyl (C=O) groups excluding carboxylic acids is 1. The first-order chi connectivity index (χ1) is 11.6. The van der Waals surface area contributed by atoms with Gasteiger partial charge in [-0.1, -0.05) is 24.6 Å². The normalized spacial score (nSPS) is 14.8. The van der Waals surface area contributed by atoms with Gasteiger partial charge in [-0.3, -0.25) is 14.5 Å². The highest BCUT2D eigenvalue weighted by Crippen LogP contribution is 2.29. The lowest BCUT2D eigenvalue weighted by Gasteiger charge is -2.23. The molecule has 2 aromatic heterocycles. The molecule has 0 amide bonds. The number of nitrogens with zero attached hydrogens (tertiary/aromatic N) is 3. The summed E-state index contributed by atoms with van der Waals surface area (Å²) >= 11 is 0. The molecule has 0 N–H and O–H groups in total. The average molecular weight is 323 g/mol. The van der Waals surface area contributed by atoms with Crippen molar-refractivity contribution in [2.75, 3.05) is 0 Å². The van der Waals surface area contributed by atoms with Crippen LogP contribution < -0.4 is 0 Å². The molecule has 24 heavy (non-hydrogen) atoms. The summed E-state index contributed by atoms with van der Waals surface area (Å²) in [4.78, 5) is 16.6. The molecule has 1 aliphatic carbocycles. The fraction of sp³-hybridized carbons (Fsp3) is 0.316. The maximum Gasteiger partial charge on any atom is 0.157 e. The number of Topliss-reactive ketones (excluding diaryl/α,β-unsaturated/α-hetero) is 1. The van der Waals surface area contributed by atoms with E-state index in [-0.39, 0.29) is 24.1 Å².